The first-order chi connectivity index (χ1) is 9.54. The van der Waals surface area contributed by atoms with Crippen molar-refractivity contribution in [1.82, 2.24) is 4.90 Å². The van der Waals surface area contributed by atoms with Crippen LogP contribution in [0.2, 0.25) is 5.02 Å². The minimum atomic E-state index is -0.00935. The number of morpholine rings is 1. The van der Waals surface area contributed by atoms with Crippen molar-refractivity contribution < 1.29 is 9.53 Å². The SMILES string of the molecule is C[C@@H]1CN(CCC(=O)Nc2ccccc2Cl)C[C@H](C)O1. The van der Waals surface area contributed by atoms with E-state index in [2.05, 4.69) is 24.1 Å². The molecule has 4 nitrogen and oxygen atoms in total. The average molecular weight is 297 g/mol. The zero-order valence-corrected chi connectivity index (χ0v) is 12.7. The van der Waals surface area contributed by atoms with Gasteiger partial charge >= 0.3 is 0 Å². The number of anilines is 1. The van der Waals surface area contributed by atoms with E-state index in [9.17, 15) is 4.79 Å². The number of rotatable bonds is 4. The van der Waals surface area contributed by atoms with Crippen molar-refractivity contribution in [3.63, 3.8) is 0 Å². The highest BCUT2D eigenvalue weighted by Gasteiger charge is 2.22. The van der Waals surface area contributed by atoms with Gasteiger partial charge in [0.05, 0.1) is 22.9 Å². The minimum Gasteiger partial charge on any atom is -0.373 e. The molecule has 1 aromatic rings. The molecule has 0 unspecified atom stereocenters. The normalized spacial score (nSPS) is 23.6. The van der Waals surface area contributed by atoms with Gasteiger partial charge in [-0.15, -0.1) is 0 Å². The largest absolute Gasteiger partial charge is 0.373 e. The Hall–Kier alpha value is -1.10. The van der Waals surface area contributed by atoms with E-state index in [4.69, 9.17) is 16.3 Å². The van der Waals surface area contributed by atoms with Crippen LogP contribution in [0, 0.1) is 0 Å². The van der Waals surface area contributed by atoms with E-state index in [0.29, 0.717) is 17.1 Å². The number of hydrogen-bond acceptors (Lipinski definition) is 3. The van der Waals surface area contributed by atoms with Gasteiger partial charge in [-0.05, 0) is 26.0 Å². The molecule has 5 heteroatoms. The Morgan fingerprint density at radius 3 is 2.65 bits per heavy atom. The Kier molecular flexibility index (Phi) is 5.40. The molecule has 0 bridgehead atoms. The number of para-hydroxylation sites is 1. The van der Waals surface area contributed by atoms with Gasteiger partial charge < -0.3 is 10.1 Å². The van der Waals surface area contributed by atoms with Crippen LogP contribution in [0.25, 0.3) is 0 Å². The molecule has 1 aliphatic heterocycles. The molecule has 1 heterocycles. The molecule has 2 rings (SSSR count). The Bertz CT molecular complexity index is 457. The molecule has 0 radical (unpaired) electrons. The fourth-order valence-electron chi connectivity index (χ4n) is 2.50. The molecule has 1 N–H and O–H groups in total. The molecule has 1 amide bonds. The van der Waals surface area contributed by atoms with E-state index in [0.717, 1.165) is 19.6 Å². The van der Waals surface area contributed by atoms with Crippen LogP contribution in [0.15, 0.2) is 24.3 Å². The van der Waals surface area contributed by atoms with Crippen molar-refractivity contribution in [3.05, 3.63) is 29.3 Å². The zero-order chi connectivity index (χ0) is 14.5. The zero-order valence-electron chi connectivity index (χ0n) is 11.9. The number of benzene rings is 1. The summed E-state index contributed by atoms with van der Waals surface area (Å²) in [5.41, 5.74) is 0.669. The van der Waals surface area contributed by atoms with Crippen LogP contribution in [0.4, 0.5) is 5.69 Å². The third-order valence-corrected chi connectivity index (χ3v) is 3.63. The minimum absolute atomic E-state index is 0.00935. The molecule has 0 aromatic heterocycles. The summed E-state index contributed by atoms with van der Waals surface area (Å²) in [5, 5.41) is 3.41. The second kappa shape index (κ2) is 7.07. The van der Waals surface area contributed by atoms with Crippen LogP contribution in [-0.4, -0.2) is 42.6 Å². The molecule has 0 spiro atoms. The Labute approximate surface area is 125 Å². The van der Waals surface area contributed by atoms with Gasteiger partial charge in [0.15, 0.2) is 0 Å². The summed E-state index contributed by atoms with van der Waals surface area (Å²) in [6.45, 7) is 6.63. The topological polar surface area (TPSA) is 41.6 Å². The van der Waals surface area contributed by atoms with Crippen molar-refractivity contribution in [2.75, 3.05) is 25.0 Å². The van der Waals surface area contributed by atoms with Crippen molar-refractivity contribution in [1.29, 1.82) is 0 Å². The lowest BCUT2D eigenvalue weighted by molar-refractivity contribution is -0.117. The van der Waals surface area contributed by atoms with E-state index in [-0.39, 0.29) is 18.1 Å². The maximum atomic E-state index is 11.9. The van der Waals surface area contributed by atoms with Crippen LogP contribution < -0.4 is 5.32 Å². The van der Waals surface area contributed by atoms with Crippen LogP contribution >= 0.6 is 11.6 Å². The lowest BCUT2D eigenvalue weighted by Gasteiger charge is -2.35. The first-order valence-corrected chi connectivity index (χ1v) is 7.34. The summed E-state index contributed by atoms with van der Waals surface area (Å²) in [4.78, 5) is 14.2. The van der Waals surface area contributed by atoms with E-state index < -0.39 is 0 Å². The monoisotopic (exact) mass is 296 g/mol. The number of nitrogens with one attached hydrogen (secondary N) is 1. The summed E-state index contributed by atoms with van der Waals surface area (Å²) in [5.74, 6) is -0.00935. The van der Waals surface area contributed by atoms with Gasteiger partial charge in [0, 0.05) is 26.1 Å². The standard InChI is InChI=1S/C15H21ClN2O2/c1-11-9-18(10-12(2)20-11)8-7-15(19)17-14-6-4-3-5-13(14)16/h3-6,11-12H,7-10H2,1-2H3,(H,17,19)/t11-,12+. The number of carbonyl (C=O) groups excluding carboxylic acids is 1. The first kappa shape index (κ1) is 15.3. The Morgan fingerprint density at radius 2 is 2.00 bits per heavy atom. The summed E-state index contributed by atoms with van der Waals surface area (Å²) in [6, 6.07) is 7.27. The van der Waals surface area contributed by atoms with Gasteiger partial charge in [-0.25, -0.2) is 0 Å². The average Bonchev–Trinajstić information content (AvgIpc) is 2.38. The third kappa shape index (κ3) is 4.47. The second-order valence-corrected chi connectivity index (χ2v) is 5.70. The molecule has 1 fully saturated rings. The fraction of sp³-hybridized carbons (Fsp3) is 0.533. The summed E-state index contributed by atoms with van der Waals surface area (Å²) < 4.78 is 5.67. The smallest absolute Gasteiger partial charge is 0.225 e. The molecule has 0 aliphatic carbocycles. The van der Waals surface area contributed by atoms with E-state index >= 15 is 0 Å². The molecule has 2 atom stereocenters. The Morgan fingerprint density at radius 1 is 1.35 bits per heavy atom. The maximum Gasteiger partial charge on any atom is 0.225 e. The van der Waals surface area contributed by atoms with Crippen LogP contribution in [0.5, 0.6) is 0 Å². The van der Waals surface area contributed by atoms with Crippen LogP contribution in [0.3, 0.4) is 0 Å². The molecule has 1 aliphatic rings. The van der Waals surface area contributed by atoms with Crippen LogP contribution in [-0.2, 0) is 9.53 Å². The summed E-state index contributed by atoms with van der Waals surface area (Å²) in [6.07, 6.45) is 0.917. The van der Waals surface area contributed by atoms with E-state index in [1.165, 1.54) is 0 Å². The van der Waals surface area contributed by atoms with E-state index in [1.807, 2.05) is 12.1 Å². The quantitative estimate of drug-likeness (QED) is 0.929. The molecule has 0 saturated carbocycles. The van der Waals surface area contributed by atoms with Gasteiger partial charge in [-0.1, -0.05) is 23.7 Å². The maximum absolute atomic E-state index is 11.9. The fourth-order valence-corrected chi connectivity index (χ4v) is 2.68. The summed E-state index contributed by atoms with van der Waals surface area (Å²) >= 11 is 6.01. The summed E-state index contributed by atoms with van der Waals surface area (Å²) in [7, 11) is 0. The first-order valence-electron chi connectivity index (χ1n) is 6.97. The predicted octanol–water partition coefficient (Wildman–Crippen LogP) is 2.78. The Balaban J connectivity index is 1.79. The van der Waals surface area contributed by atoms with Crippen molar-refractivity contribution in [3.8, 4) is 0 Å². The van der Waals surface area contributed by atoms with E-state index in [1.54, 1.807) is 12.1 Å². The number of halogens is 1. The van der Waals surface area contributed by atoms with Crippen molar-refractivity contribution in [2.24, 2.45) is 0 Å². The third-order valence-electron chi connectivity index (χ3n) is 3.30. The lowest BCUT2D eigenvalue weighted by atomic mass is 10.2. The number of ether oxygens (including phenoxy) is 1. The van der Waals surface area contributed by atoms with Gasteiger partial charge in [-0.2, -0.15) is 0 Å². The molecule has 20 heavy (non-hydrogen) atoms. The van der Waals surface area contributed by atoms with Gasteiger partial charge in [0.25, 0.3) is 0 Å². The predicted molar refractivity (Wildman–Crippen MR) is 81.1 cm³/mol. The van der Waals surface area contributed by atoms with Gasteiger partial charge in [-0.3, -0.25) is 9.69 Å². The highest BCUT2D eigenvalue weighted by Crippen LogP contribution is 2.20. The molecular formula is C15H21ClN2O2. The number of nitrogens with zero attached hydrogens (tertiary/aromatic N) is 1. The molecule has 1 aromatic carbocycles. The van der Waals surface area contributed by atoms with Gasteiger partial charge in [0.1, 0.15) is 0 Å². The number of hydrogen-bond donors (Lipinski definition) is 1. The molecular weight excluding hydrogens is 276 g/mol. The number of carbonyl (C=O) groups is 1. The lowest BCUT2D eigenvalue weighted by Crippen LogP contribution is -2.46. The van der Waals surface area contributed by atoms with Crippen LogP contribution in [0.1, 0.15) is 20.3 Å². The highest BCUT2D eigenvalue weighted by atomic mass is 35.5. The van der Waals surface area contributed by atoms with Crippen molar-refractivity contribution >= 4 is 23.2 Å². The second-order valence-electron chi connectivity index (χ2n) is 5.29. The number of amides is 1. The van der Waals surface area contributed by atoms with Gasteiger partial charge in [0.2, 0.25) is 5.91 Å². The molecule has 1 saturated heterocycles. The molecule has 110 valence electrons. The van der Waals surface area contributed by atoms with Crippen molar-refractivity contribution in [2.45, 2.75) is 32.5 Å². The highest BCUT2D eigenvalue weighted by molar-refractivity contribution is 6.33.